The number of Topliss-reactive ketones (excluding diaryl/α,β-unsaturated/α-hetero) is 1. The fraction of sp³-hybridized carbons (Fsp3) is 0.323. The number of hydrogen-bond donors (Lipinski definition) is 1. The number of ether oxygens (including phenoxy) is 1. The van der Waals surface area contributed by atoms with Crippen molar-refractivity contribution >= 4 is 51.5 Å². The van der Waals surface area contributed by atoms with Gasteiger partial charge in [-0.1, -0.05) is 45.0 Å². The molecular weight excluding hydrogens is 540 g/mol. The van der Waals surface area contributed by atoms with Crippen LogP contribution in [0.1, 0.15) is 64.0 Å². The maximum Gasteiger partial charge on any atom is 0.339 e. The van der Waals surface area contributed by atoms with Crippen molar-refractivity contribution in [3.05, 3.63) is 89.9 Å². The Morgan fingerprint density at radius 1 is 1.07 bits per heavy atom. The van der Waals surface area contributed by atoms with Crippen LogP contribution in [0.3, 0.4) is 0 Å². The van der Waals surface area contributed by atoms with Gasteiger partial charge in [0.1, 0.15) is 11.4 Å². The number of nitrogens with two attached hydrogens (primary N) is 1. The third-order valence-corrected chi connectivity index (χ3v) is 8.65. The first-order chi connectivity index (χ1) is 19.4. The van der Waals surface area contributed by atoms with E-state index in [2.05, 4.69) is 32.9 Å². The lowest BCUT2D eigenvalue weighted by atomic mass is 9.69. The van der Waals surface area contributed by atoms with Crippen molar-refractivity contribution in [1.29, 1.82) is 0 Å². The maximum atomic E-state index is 13.8. The molecule has 3 heterocycles. The number of esters is 1. The Morgan fingerprint density at radius 2 is 1.80 bits per heavy atom. The predicted octanol–water partition coefficient (Wildman–Crippen LogP) is 4.46. The van der Waals surface area contributed by atoms with Crippen LogP contribution in [0.4, 0.5) is 5.82 Å². The molecule has 0 radical (unpaired) electrons. The number of anilines is 1. The third kappa shape index (κ3) is 5.15. The van der Waals surface area contributed by atoms with Crippen LogP contribution < -0.4 is 17.0 Å². The lowest BCUT2D eigenvalue weighted by Gasteiger charge is -2.36. The van der Waals surface area contributed by atoms with Crippen molar-refractivity contribution in [2.24, 2.45) is 25.4 Å². The zero-order valence-corrected chi connectivity index (χ0v) is 24.5. The molecule has 0 unspecified atom stereocenters. The van der Waals surface area contributed by atoms with E-state index >= 15 is 0 Å². The highest BCUT2D eigenvalue weighted by atomic mass is 32.1. The molecule has 1 aliphatic rings. The van der Waals surface area contributed by atoms with Crippen LogP contribution in [0.15, 0.2) is 51.4 Å². The van der Waals surface area contributed by atoms with Crippen LogP contribution >= 0.6 is 11.3 Å². The fourth-order valence-electron chi connectivity index (χ4n) is 5.31. The number of allylic oxidation sites excluding steroid dienone is 1. The molecule has 0 aliphatic heterocycles. The second kappa shape index (κ2) is 10.6. The fourth-order valence-corrected chi connectivity index (χ4v) is 5.99. The van der Waals surface area contributed by atoms with E-state index in [1.54, 1.807) is 11.3 Å². The molecule has 1 aromatic carbocycles. The highest BCUT2D eigenvalue weighted by Gasteiger charge is 2.35. The lowest BCUT2D eigenvalue weighted by molar-refractivity contribution is 0.0474. The molecule has 41 heavy (non-hydrogen) atoms. The van der Waals surface area contributed by atoms with E-state index in [0.29, 0.717) is 22.9 Å². The van der Waals surface area contributed by atoms with Crippen LogP contribution in [0, 0.1) is 11.3 Å². The number of fused-ring (bicyclic) bond motifs is 2. The molecule has 0 saturated heterocycles. The minimum atomic E-state index is -0.838. The van der Waals surface area contributed by atoms with Gasteiger partial charge in [-0.05, 0) is 58.9 Å². The number of benzene rings is 1. The first kappa shape index (κ1) is 28.2. The predicted molar refractivity (Wildman–Crippen MR) is 161 cm³/mol. The molecule has 4 aromatic rings. The van der Waals surface area contributed by atoms with Crippen LogP contribution in [-0.4, -0.2) is 32.5 Å². The number of aromatic nitrogens is 3. The highest BCUT2D eigenvalue weighted by molar-refractivity contribution is 7.10. The SMILES string of the molecule is Cn1c(N)c(C(=O)COC(=O)c2c3c(nc4ccccc24)/C(=C\c2cccs2)C[C@@H](C(C)(C)C)C3)c(=O)n(C)c1=O. The van der Waals surface area contributed by atoms with Crippen molar-refractivity contribution < 1.29 is 14.3 Å². The number of rotatable bonds is 5. The van der Waals surface area contributed by atoms with Crippen LogP contribution in [0.2, 0.25) is 0 Å². The summed E-state index contributed by atoms with van der Waals surface area (Å²) in [5, 5.41) is 2.65. The number of nitrogens with zero attached hydrogens (tertiary/aromatic N) is 3. The van der Waals surface area contributed by atoms with Crippen molar-refractivity contribution in [2.75, 3.05) is 12.3 Å². The number of ketones is 1. The number of thiophene rings is 1. The molecule has 0 amide bonds. The van der Waals surface area contributed by atoms with Gasteiger partial charge in [-0.3, -0.25) is 18.7 Å². The molecule has 1 atom stereocenters. The van der Waals surface area contributed by atoms with Gasteiger partial charge < -0.3 is 10.5 Å². The van der Waals surface area contributed by atoms with E-state index in [4.69, 9.17) is 15.5 Å². The number of para-hydroxylation sites is 1. The van der Waals surface area contributed by atoms with Gasteiger partial charge in [-0.25, -0.2) is 14.6 Å². The minimum absolute atomic E-state index is 0.0458. The first-order valence-corrected chi connectivity index (χ1v) is 14.2. The summed E-state index contributed by atoms with van der Waals surface area (Å²) >= 11 is 1.64. The Hall–Kier alpha value is -4.31. The van der Waals surface area contributed by atoms with Crippen molar-refractivity contribution in [3.8, 4) is 0 Å². The van der Waals surface area contributed by atoms with Gasteiger partial charge >= 0.3 is 11.7 Å². The van der Waals surface area contributed by atoms with Gasteiger partial charge in [0.15, 0.2) is 6.61 Å². The average Bonchev–Trinajstić information content (AvgIpc) is 3.45. The smallest absolute Gasteiger partial charge is 0.339 e. The van der Waals surface area contributed by atoms with Gasteiger partial charge in [0.2, 0.25) is 5.78 Å². The van der Waals surface area contributed by atoms with E-state index in [1.807, 2.05) is 35.7 Å². The molecule has 5 rings (SSSR count). The van der Waals surface area contributed by atoms with Gasteiger partial charge in [-0.15, -0.1) is 11.3 Å². The summed E-state index contributed by atoms with van der Waals surface area (Å²) in [4.78, 5) is 57.8. The van der Waals surface area contributed by atoms with Crippen molar-refractivity contribution in [1.82, 2.24) is 14.1 Å². The molecule has 3 aromatic heterocycles. The summed E-state index contributed by atoms with van der Waals surface area (Å²) in [6.07, 6.45) is 3.56. The molecule has 0 saturated carbocycles. The molecule has 0 bridgehead atoms. The molecule has 2 N–H and O–H groups in total. The Kier molecular flexibility index (Phi) is 7.29. The standard InChI is InChI=1S/C31H32N4O5S/c1-31(2,3)18-13-17(14-19-9-8-12-41-19)26-21(15-18)24(20-10-6-7-11-22(20)33-26)29(38)40-16-23(36)25-27(32)34(4)30(39)35(5)28(25)37/h6-12,14,18H,13,15-16,32H2,1-5H3/b17-14-/t18-/m1/s1. The molecule has 212 valence electrons. The molecular formula is C31H32N4O5S. The van der Waals surface area contributed by atoms with E-state index in [1.165, 1.54) is 14.1 Å². The summed E-state index contributed by atoms with van der Waals surface area (Å²) in [6.45, 7) is 5.86. The van der Waals surface area contributed by atoms with Gasteiger partial charge in [0.05, 0.1) is 16.8 Å². The van der Waals surface area contributed by atoms with Crippen LogP contribution in [-0.2, 0) is 25.3 Å². The first-order valence-electron chi connectivity index (χ1n) is 13.3. The van der Waals surface area contributed by atoms with Crippen LogP contribution in [0.25, 0.3) is 22.6 Å². The quantitative estimate of drug-likeness (QED) is 0.276. The van der Waals surface area contributed by atoms with Gasteiger partial charge in [0, 0.05) is 24.4 Å². The number of carbonyl (C=O) groups excluding carboxylic acids is 2. The zero-order valence-electron chi connectivity index (χ0n) is 23.7. The second-order valence-electron chi connectivity index (χ2n) is 11.5. The largest absolute Gasteiger partial charge is 0.454 e. The topological polar surface area (TPSA) is 126 Å². The summed E-state index contributed by atoms with van der Waals surface area (Å²) in [6, 6.07) is 11.4. The number of pyridine rings is 1. The second-order valence-corrected chi connectivity index (χ2v) is 12.4. The Balaban J connectivity index is 1.60. The van der Waals surface area contributed by atoms with E-state index in [-0.39, 0.29) is 17.2 Å². The molecule has 9 nitrogen and oxygen atoms in total. The maximum absolute atomic E-state index is 13.8. The number of carbonyl (C=O) groups is 2. The number of nitrogen functional groups attached to an aromatic ring is 1. The molecule has 10 heteroatoms. The summed E-state index contributed by atoms with van der Waals surface area (Å²) in [5.41, 5.74) is 7.61. The summed E-state index contributed by atoms with van der Waals surface area (Å²) < 4.78 is 7.38. The average molecular weight is 573 g/mol. The number of hydrogen-bond acceptors (Lipinski definition) is 8. The summed E-state index contributed by atoms with van der Waals surface area (Å²) in [7, 11) is 2.62. The normalized spacial score (nSPS) is 16.1. The molecule has 0 fully saturated rings. The summed E-state index contributed by atoms with van der Waals surface area (Å²) in [5.74, 6) is -1.52. The van der Waals surface area contributed by atoms with Gasteiger partial charge in [0.25, 0.3) is 5.56 Å². The third-order valence-electron chi connectivity index (χ3n) is 7.83. The zero-order chi connectivity index (χ0) is 29.6. The minimum Gasteiger partial charge on any atom is -0.454 e. The van der Waals surface area contributed by atoms with Gasteiger partial charge in [-0.2, -0.15) is 0 Å². The Labute approximate surface area is 240 Å². The monoisotopic (exact) mass is 572 g/mol. The van der Waals surface area contributed by atoms with Crippen LogP contribution in [0.5, 0.6) is 0 Å². The van der Waals surface area contributed by atoms with Crippen molar-refractivity contribution in [2.45, 2.75) is 33.6 Å². The highest BCUT2D eigenvalue weighted by Crippen LogP contribution is 2.45. The molecule has 1 aliphatic carbocycles. The Morgan fingerprint density at radius 3 is 2.49 bits per heavy atom. The van der Waals surface area contributed by atoms with E-state index in [9.17, 15) is 19.2 Å². The lowest BCUT2D eigenvalue weighted by Crippen LogP contribution is -2.42. The van der Waals surface area contributed by atoms with Crippen molar-refractivity contribution in [3.63, 3.8) is 0 Å². The molecule has 0 spiro atoms. The Bertz CT molecular complexity index is 1840. The van der Waals surface area contributed by atoms with E-state index < -0.39 is 35.2 Å². The van der Waals surface area contributed by atoms with E-state index in [0.717, 1.165) is 37.3 Å².